The predicted molar refractivity (Wildman–Crippen MR) is 94.1 cm³/mol. The molecule has 2 amide bonds. The van der Waals surface area contributed by atoms with Crippen LogP contribution in [0.25, 0.3) is 0 Å². The molecule has 1 aliphatic heterocycles. The zero-order chi connectivity index (χ0) is 20.0. The zero-order valence-electron chi connectivity index (χ0n) is 14.5. The van der Waals surface area contributed by atoms with E-state index in [0.717, 1.165) is 12.1 Å². The van der Waals surface area contributed by atoms with Crippen molar-refractivity contribution < 1.29 is 27.3 Å². The van der Waals surface area contributed by atoms with Crippen LogP contribution in [0, 0.1) is 11.3 Å². The summed E-state index contributed by atoms with van der Waals surface area (Å²) in [6.45, 7) is 1.69. The number of amides is 2. The Hall–Kier alpha value is -3.10. The molecule has 1 fully saturated rings. The summed E-state index contributed by atoms with van der Waals surface area (Å²) in [4.78, 5) is 26.7. The van der Waals surface area contributed by atoms with Gasteiger partial charge in [-0.05, 0) is 24.3 Å². The van der Waals surface area contributed by atoms with E-state index in [1.165, 1.54) is 30.3 Å². The average molecular weight is 394 g/mol. The van der Waals surface area contributed by atoms with Crippen molar-refractivity contribution in [2.24, 2.45) is 0 Å². The van der Waals surface area contributed by atoms with Gasteiger partial charge in [-0.25, -0.2) is 4.79 Å². The molecule has 0 bridgehead atoms. The number of methoxy groups -OCH3 is 1. The lowest BCUT2D eigenvalue weighted by molar-refractivity contribution is -0.112. The summed E-state index contributed by atoms with van der Waals surface area (Å²) in [5, 5.41) is 11.7. The SMILES string of the molecule is COC(=O)N1CCN(/C=C(/C#N)C(=O)Nc2ccc(S(=O)(=O)O)cc2)CC1. The first-order chi connectivity index (χ1) is 12.7. The van der Waals surface area contributed by atoms with Crippen LogP contribution in [0.15, 0.2) is 40.9 Å². The van der Waals surface area contributed by atoms with Crippen LogP contribution < -0.4 is 5.32 Å². The van der Waals surface area contributed by atoms with Crippen LogP contribution in [-0.2, 0) is 19.6 Å². The Morgan fingerprint density at radius 2 is 1.81 bits per heavy atom. The molecule has 27 heavy (non-hydrogen) atoms. The summed E-state index contributed by atoms with van der Waals surface area (Å²) < 4.78 is 35.6. The number of ether oxygens (including phenoxy) is 1. The number of carbonyl (C=O) groups is 2. The highest BCUT2D eigenvalue weighted by atomic mass is 32.2. The first-order valence-electron chi connectivity index (χ1n) is 7.82. The number of nitriles is 1. The van der Waals surface area contributed by atoms with Crippen molar-refractivity contribution in [2.45, 2.75) is 4.90 Å². The van der Waals surface area contributed by atoms with E-state index < -0.39 is 22.1 Å². The molecule has 0 aromatic heterocycles. The standard InChI is InChI=1S/C16H18N4O6S/c1-26-16(22)20-8-6-19(7-9-20)11-12(10-17)15(21)18-13-2-4-14(5-3-13)27(23,24)25/h2-5,11H,6-9H2,1H3,(H,18,21)(H,23,24,25)/b12-11-. The topological polar surface area (TPSA) is 140 Å². The van der Waals surface area contributed by atoms with Crippen molar-refractivity contribution in [3.8, 4) is 6.07 Å². The molecule has 11 heteroatoms. The largest absolute Gasteiger partial charge is 0.453 e. The lowest BCUT2D eigenvalue weighted by atomic mass is 10.2. The second kappa shape index (κ2) is 8.52. The number of hydrogen-bond acceptors (Lipinski definition) is 7. The normalized spacial score (nSPS) is 15.1. The average Bonchev–Trinajstić information content (AvgIpc) is 2.65. The Kier molecular flexibility index (Phi) is 6.38. The minimum atomic E-state index is -4.32. The van der Waals surface area contributed by atoms with E-state index in [2.05, 4.69) is 10.1 Å². The molecule has 2 N–H and O–H groups in total. The summed E-state index contributed by atoms with van der Waals surface area (Å²) in [6.07, 6.45) is 0.987. The van der Waals surface area contributed by atoms with Gasteiger partial charge in [0.05, 0.1) is 12.0 Å². The number of rotatable bonds is 4. The highest BCUT2D eigenvalue weighted by molar-refractivity contribution is 7.85. The van der Waals surface area contributed by atoms with E-state index in [0.29, 0.717) is 26.2 Å². The van der Waals surface area contributed by atoms with Gasteiger partial charge < -0.3 is 19.9 Å². The van der Waals surface area contributed by atoms with Crippen molar-refractivity contribution in [2.75, 3.05) is 38.6 Å². The fourth-order valence-electron chi connectivity index (χ4n) is 2.39. The number of benzene rings is 1. The maximum absolute atomic E-state index is 12.2. The van der Waals surface area contributed by atoms with Gasteiger partial charge in [-0.2, -0.15) is 13.7 Å². The van der Waals surface area contributed by atoms with Crippen molar-refractivity contribution >= 4 is 27.8 Å². The Labute approximate surface area is 156 Å². The molecule has 1 aliphatic rings. The highest BCUT2D eigenvalue weighted by Gasteiger charge is 2.21. The Morgan fingerprint density at radius 1 is 1.22 bits per heavy atom. The van der Waals surface area contributed by atoms with Gasteiger partial charge in [-0.15, -0.1) is 0 Å². The number of hydrogen-bond donors (Lipinski definition) is 2. The van der Waals surface area contributed by atoms with Crippen molar-refractivity contribution in [1.29, 1.82) is 5.26 Å². The van der Waals surface area contributed by atoms with Crippen LogP contribution in [0.3, 0.4) is 0 Å². The number of piperazine rings is 1. The fraction of sp³-hybridized carbons (Fsp3) is 0.312. The fourth-order valence-corrected chi connectivity index (χ4v) is 2.87. The minimum Gasteiger partial charge on any atom is -0.453 e. The number of nitrogens with zero attached hydrogens (tertiary/aromatic N) is 3. The van der Waals surface area contributed by atoms with E-state index >= 15 is 0 Å². The minimum absolute atomic E-state index is 0.139. The third-order valence-electron chi connectivity index (χ3n) is 3.83. The first kappa shape index (κ1) is 20.2. The molecule has 144 valence electrons. The maximum Gasteiger partial charge on any atom is 0.409 e. The van der Waals surface area contributed by atoms with Crippen LogP contribution in [-0.4, -0.2) is 68.1 Å². The number of anilines is 1. The van der Waals surface area contributed by atoms with Crippen molar-refractivity contribution in [1.82, 2.24) is 9.80 Å². The predicted octanol–water partition coefficient (Wildman–Crippen LogP) is 0.663. The molecular weight excluding hydrogens is 376 g/mol. The van der Waals surface area contributed by atoms with Gasteiger partial charge in [0.2, 0.25) is 0 Å². The molecule has 2 rings (SSSR count). The summed E-state index contributed by atoms with van der Waals surface area (Å²) in [7, 11) is -3.02. The molecular formula is C16H18N4O6S. The monoisotopic (exact) mass is 394 g/mol. The van der Waals surface area contributed by atoms with Gasteiger partial charge >= 0.3 is 6.09 Å². The lowest BCUT2D eigenvalue weighted by Gasteiger charge is -2.33. The smallest absolute Gasteiger partial charge is 0.409 e. The third kappa shape index (κ3) is 5.44. The summed E-state index contributed by atoms with van der Waals surface area (Å²) in [6, 6.07) is 6.67. The van der Waals surface area contributed by atoms with Gasteiger partial charge in [0.1, 0.15) is 11.6 Å². The van der Waals surface area contributed by atoms with Crippen LogP contribution in [0.2, 0.25) is 0 Å². The molecule has 0 radical (unpaired) electrons. The molecule has 1 heterocycles. The van der Waals surface area contributed by atoms with Gasteiger partial charge in [0.25, 0.3) is 16.0 Å². The zero-order valence-corrected chi connectivity index (χ0v) is 15.3. The van der Waals surface area contributed by atoms with E-state index in [1.807, 2.05) is 6.07 Å². The highest BCUT2D eigenvalue weighted by Crippen LogP contribution is 2.15. The molecule has 0 spiro atoms. The summed E-state index contributed by atoms with van der Waals surface area (Å²) in [5.41, 5.74) is 0.129. The second-order valence-corrected chi connectivity index (χ2v) is 7.02. The van der Waals surface area contributed by atoms with E-state index in [9.17, 15) is 23.3 Å². The molecule has 0 atom stereocenters. The van der Waals surface area contributed by atoms with E-state index in [1.54, 1.807) is 4.90 Å². The van der Waals surface area contributed by atoms with Crippen LogP contribution in [0.5, 0.6) is 0 Å². The molecule has 1 aromatic carbocycles. The quantitative estimate of drug-likeness (QED) is 0.431. The molecule has 10 nitrogen and oxygen atoms in total. The Morgan fingerprint density at radius 3 is 2.30 bits per heavy atom. The summed E-state index contributed by atoms with van der Waals surface area (Å²) in [5.74, 6) is -0.660. The maximum atomic E-state index is 12.2. The number of nitrogens with one attached hydrogen (secondary N) is 1. The molecule has 0 saturated carbocycles. The summed E-state index contributed by atoms with van der Waals surface area (Å²) >= 11 is 0. The van der Waals surface area contributed by atoms with Gasteiger partial charge in [-0.3, -0.25) is 9.35 Å². The molecule has 1 saturated heterocycles. The second-order valence-electron chi connectivity index (χ2n) is 5.60. The van der Waals surface area contributed by atoms with Crippen LogP contribution in [0.1, 0.15) is 0 Å². The number of carbonyl (C=O) groups excluding carboxylic acids is 2. The Balaban J connectivity index is 2.01. The third-order valence-corrected chi connectivity index (χ3v) is 4.70. The van der Waals surface area contributed by atoms with E-state index in [4.69, 9.17) is 4.55 Å². The van der Waals surface area contributed by atoms with Crippen LogP contribution in [0.4, 0.5) is 10.5 Å². The Bertz CT molecular complexity index is 880. The molecule has 0 unspecified atom stereocenters. The van der Waals surface area contributed by atoms with Gasteiger partial charge in [-0.1, -0.05) is 0 Å². The van der Waals surface area contributed by atoms with Crippen molar-refractivity contribution in [3.05, 3.63) is 36.0 Å². The van der Waals surface area contributed by atoms with Crippen LogP contribution >= 0.6 is 0 Å². The van der Waals surface area contributed by atoms with Gasteiger partial charge in [0, 0.05) is 38.1 Å². The molecule has 0 aliphatic carbocycles. The van der Waals surface area contributed by atoms with Gasteiger partial charge in [0.15, 0.2) is 0 Å². The van der Waals surface area contributed by atoms with E-state index in [-0.39, 0.29) is 16.2 Å². The van der Waals surface area contributed by atoms with Crippen molar-refractivity contribution in [3.63, 3.8) is 0 Å². The first-order valence-corrected chi connectivity index (χ1v) is 9.26. The lowest BCUT2D eigenvalue weighted by Crippen LogP contribution is -2.47. The molecule has 1 aromatic rings.